The molecule has 0 heterocycles. The van der Waals surface area contributed by atoms with Gasteiger partial charge in [-0.25, -0.2) is 13.2 Å². The van der Waals surface area contributed by atoms with Gasteiger partial charge in [-0.05, 0) is 41.0 Å². The summed E-state index contributed by atoms with van der Waals surface area (Å²) in [5, 5.41) is 10.7. The van der Waals surface area contributed by atoms with E-state index in [9.17, 15) is 23.3 Å². The van der Waals surface area contributed by atoms with Crippen molar-refractivity contribution in [2.75, 3.05) is 0 Å². The van der Waals surface area contributed by atoms with Gasteiger partial charge in [0.2, 0.25) is 0 Å². The molecule has 0 bridgehead atoms. The fourth-order valence-corrected chi connectivity index (χ4v) is 4.32. The Labute approximate surface area is 174 Å². The Hall–Kier alpha value is -3.52. The average molecular weight is 425 g/mol. The molecular weight excluding hydrogens is 406 g/mol. The number of non-ortho nitro benzene ring substituents is 1. The van der Waals surface area contributed by atoms with E-state index < -0.39 is 20.7 Å². The number of hydrogen-bond acceptors (Lipinski definition) is 6. The van der Waals surface area contributed by atoms with Crippen LogP contribution in [0.1, 0.15) is 27.0 Å². The van der Waals surface area contributed by atoms with Crippen LogP contribution in [-0.4, -0.2) is 19.3 Å². The van der Waals surface area contributed by atoms with Crippen LogP contribution in [0.4, 0.5) is 5.69 Å². The molecule has 0 unspecified atom stereocenters. The molecule has 3 rings (SSSR count). The number of rotatable bonds is 8. The highest BCUT2D eigenvalue weighted by Gasteiger charge is 2.14. The molecule has 0 aromatic heterocycles. The van der Waals surface area contributed by atoms with Gasteiger partial charge in [0.05, 0.1) is 22.0 Å². The molecule has 0 aliphatic rings. The third kappa shape index (κ3) is 5.99. The molecular formula is C22H19NO6S. The van der Waals surface area contributed by atoms with Crippen LogP contribution in [0.3, 0.4) is 0 Å². The van der Waals surface area contributed by atoms with Crippen LogP contribution in [0, 0.1) is 10.1 Å². The fourth-order valence-electron chi connectivity index (χ4n) is 2.82. The van der Waals surface area contributed by atoms with Gasteiger partial charge in [-0.2, -0.15) is 0 Å². The smallest absolute Gasteiger partial charge is 0.338 e. The first kappa shape index (κ1) is 21.2. The molecule has 7 nitrogen and oxygen atoms in total. The second-order valence-electron chi connectivity index (χ2n) is 6.71. The van der Waals surface area contributed by atoms with Crippen molar-refractivity contribution in [2.24, 2.45) is 0 Å². The van der Waals surface area contributed by atoms with Gasteiger partial charge in [0.1, 0.15) is 6.61 Å². The van der Waals surface area contributed by atoms with Gasteiger partial charge in [-0.3, -0.25) is 10.1 Å². The molecule has 0 N–H and O–H groups in total. The summed E-state index contributed by atoms with van der Waals surface area (Å²) in [4.78, 5) is 22.3. The zero-order valence-corrected chi connectivity index (χ0v) is 16.7. The Morgan fingerprint density at radius 2 is 1.33 bits per heavy atom. The van der Waals surface area contributed by atoms with E-state index in [4.69, 9.17) is 4.74 Å². The van der Waals surface area contributed by atoms with Crippen molar-refractivity contribution in [2.45, 2.75) is 18.1 Å². The molecule has 0 spiro atoms. The first-order valence-electron chi connectivity index (χ1n) is 9.06. The van der Waals surface area contributed by atoms with Crippen molar-refractivity contribution in [3.63, 3.8) is 0 Å². The molecule has 3 aromatic carbocycles. The number of esters is 1. The predicted molar refractivity (Wildman–Crippen MR) is 111 cm³/mol. The zero-order valence-electron chi connectivity index (χ0n) is 15.9. The Morgan fingerprint density at radius 3 is 1.90 bits per heavy atom. The van der Waals surface area contributed by atoms with Gasteiger partial charge in [0.25, 0.3) is 5.69 Å². The minimum atomic E-state index is -3.34. The molecule has 0 amide bonds. The SMILES string of the molecule is O=C(OCc1ccc([N+](=O)[O-])cc1)c1ccc(CS(=O)(=O)Cc2ccccc2)cc1. The van der Waals surface area contributed by atoms with Crippen molar-refractivity contribution < 1.29 is 22.9 Å². The fraction of sp³-hybridized carbons (Fsp3) is 0.136. The molecule has 0 radical (unpaired) electrons. The van der Waals surface area contributed by atoms with Gasteiger partial charge in [0, 0.05) is 12.1 Å². The minimum absolute atomic E-state index is 0.0238. The standard InChI is InChI=1S/C22H19NO6S/c24-22(29-14-17-8-12-21(13-9-17)23(25)26)20-10-6-19(7-11-20)16-30(27,28)15-18-4-2-1-3-5-18/h1-13H,14-16H2. The number of carbonyl (C=O) groups is 1. The van der Waals surface area contributed by atoms with Gasteiger partial charge in [-0.15, -0.1) is 0 Å². The van der Waals surface area contributed by atoms with Crippen LogP contribution < -0.4 is 0 Å². The van der Waals surface area contributed by atoms with Gasteiger partial charge < -0.3 is 4.74 Å². The highest BCUT2D eigenvalue weighted by molar-refractivity contribution is 7.89. The van der Waals surface area contributed by atoms with Crippen LogP contribution in [0.15, 0.2) is 78.9 Å². The summed E-state index contributed by atoms with van der Waals surface area (Å²) in [6.07, 6.45) is 0. The number of carbonyl (C=O) groups excluding carboxylic acids is 1. The van der Waals surface area contributed by atoms with Crippen LogP contribution >= 0.6 is 0 Å². The quantitative estimate of drug-likeness (QED) is 0.306. The molecule has 0 aliphatic heterocycles. The molecule has 8 heteroatoms. The molecule has 0 saturated heterocycles. The van der Waals surface area contributed by atoms with Gasteiger partial charge >= 0.3 is 5.97 Å². The predicted octanol–water partition coefficient (Wildman–Crippen LogP) is 4.07. The first-order chi connectivity index (χ1) is 14.3. The number of nitro groups is 1. The number of nitro benzene ring substituents is 1. The summed E-state index contributed by atoms with van der Waals surface area (Å²) in [5.74, 6) is -0.737. The van der Waals surface area contributed by atoms with E-state index in [1.165, 1.54) is 36.4 Å². The first-order valence-corrected chi connectivity index (χ1v) is 10.9. The maximum absolute atomic E-state index is 12.4. The maximum Gasteiger partial charge on any atom is 0.338 e. The highest BCUT2D eigenvalue weighted by Crippen LogP contribution is 2.16. The summed E-state index contributed by atoms with van der Waals surface area (Å²) in [7, 11) is -3.34. The zero-order chi connectivity index (χ0) is 21.6. The van der Waals surface area contributed by atoms with Crippen LogP contribution in [0.5, 0.6) is 0 Å². The van der Waals surface area contributed by atoms with E-state index in [0.717, 1.165) is 5.56 Å². The lowest BCUT2D eigenvalue weighted by atomic mass is 10.1. The molecule has 154 valence electrons. The van der Waals surface area contributed by atoms with E-state index in [2.05, 4.69) is 0 Å². The van der Waals surface area contributed by atoms with Crippen LogP contribution in [0.25, 0.3) is 0 Å². The molecule has 0 fully saturated rings. The molecule has 3 aromatic rings. The summed E-state index contributed by atoms with van der Waals surface area (Å²) < 4.78 is 30.0. The minimum Gasteiger partial charge on any atom is -0.457 e. The summed E-state index contributed by atoms with van der Waals surface area (Å²) in [5.41, 5.74) is 2.18. The second kappa shape index (κ2) is 9.32. The lowest BCUT2D eigenvalue weighted by Gasteiger charge is -2.07. The van der Waals surface area contributed by atoms with Gasteiger partial charge in [0.15, 0.2) is 9.84 Å². The highest BCUT2D eigenvalue weighted by atomic mass is 32.2. The lowest BCUT2D eigenvalue weighted by Crippen LogP contribution is -2.09. The number of sulfone groups is 1. The van der Waals surface area contributed by atoms with Crippen molar-refractivity contribution in [1.29, 1.82) is 0 Å². The van der Waals surface area contributed by atoms with E-state index in [1.807, 2.05) is 6.07 Å². The molecule has 0 aliphatic carbocycles. The summed E-state index contributed by atoms with van der Waals surface area (Å²) >= 11 is 0. The second-order valence-corrected chi connectivity index (χ2v) is 8.78. The number of ether oxygens (including phenoxy) is 1. The van der Waals surface area contributed by atoms with E-state index in [1.54, 1.807) is 36.4 Å². The van der Waals surface area contributed by atoms with Crippen molar-refractivity contribution in [3.05, 3.63) is 111 Å². The van der Waals surface area contributed by atoms with Crippen LogP contribution in [0.2, 0.25) is 0 Å². The number of hydrogen-bond donors (Lipinski definition) is 0. The Balaban J connectivity index is 1.56. The monoisotopic (exact) mass is 425 g/mol. The van der Waals surface area contributed by atoms with Gasteiger partial charge in [-0.1, -0.05) is 42.5 Å². The molecule has 30 heavy (non-hydrogen) atoms. The van der Waals surface area contributed by atoms with E-state index in [0.29, 0.717) is 16.7 Å². The van der Waals surface area contributed by atoms with Crippen LogP contribution in [-0.2, 0) is 32.7 Å². The molecule has 0 saturated carbocycles. The summed E-state index contributed by atoms with van der Waals surface area (Å²) in [6.45, 7) is -0.0238. The van der Waals surface area contributed by atoms with E-state index in [-0.39, 0.29) is 23.8 Å². The van der Waals surface area contributed by atoms with Crippen molar-refractivity contribution >= 4 is 21.5 Å². The Kier molecular flexibility index (Phi) is 6.58. The summed E-state index contributed by atoms with van der Waals surface area (Å²) in [6, 6.07) is 20.9. The van der Waals surface area contributed by atoms with Crippen molar-refractivity contribution in [3.8, 4) is 0 Å². The lowest BCUT2D eigenvalue weighted by molar-refractivity contribution is -0.384. The third-order valence-corrected chi connectivity index (χ3v) is 5.87. The average Bonchev–Trinajstić information content (AvgIpc) is 2.73. The maximum atomic E-state index is 12.4. The number of nitrogens with zero attached hydrogens (tertiary/aromatic N) is 1. The third-order valence-electron chi connectivity index (χ3n) is 4.32. The molecule has 0 atom stereocenters. The largest absolute Gasteiger partial charge is 0.457 e. The number of benzene rings is 3. The Morgan fingerprint density at radius 1 is 0.800 bits per heavy atom. The Bertz CT molecular complexity index is 1120. The van der Waals surface area contributed by atoms with E-state index >= 15 is 0 Å². The topological polar surface area (TPSA) is 104 Å². The normalized spacial score (nSPS) is 11.1. The van der Waals surface area contributed by atoms with Crippen molar-refractivity contribution in [1.82, 2.24) is 0 Å².